The summed E-state index contributed by atoms with van der Waals surface area (Å²) in [5.74, 6) is 0.0238. The number of pyridine rings is 1. The van der Waals surface area contributed by atoms with Crippen LogP contribution in [0.5, 0.6) is 0 Å². The summed E-state index contributed by atoms with van der Waals surface area (Å²) in [5.41, 5.74) is 3.87. The van der Waals surface area contributed by atoms with Gasteiger partial charge in [-0.25, -0.2) is 0 Å². The molecule has 3 heterocycles. The number of hydrogen-bond acceptors (Lipinski definition) is 3. The molecule has 1 fully saturated rings. The lowest BCUT2D eigenvalue weighted by Crippen LogP contribution is -2.42. The summed E-state index contributed by atoms with van der Waals surface area (Å²) in [7, 11) is 1.93. The minimum Gasteiger partial charge on any atom is -0.352 e. The molecule has 1 aliphatic rings. The number of aryl methyl sites for hydroxylation is 2. The zero-order valence-electron chi connectivity index (χ0n) is 16.2. The van der Waals surface area contributed by atoms with Crippen molar-refractivity contribution in [2.75, 3.05) is 6.54 Å². The average molecular weight is 376 g/mol. The Morgan fingerprint density at radius 2 is 2.04 bits per heavy atom. The summed E-state index contributed by atoms with van der Waals surface area (Å²) in [4.78, 5) is 31.0. The molecule has 1 atom stereocenters. The second-order valence-electron chi connectivity index (χ2n) is 7.50. The van der Waals surface area contributed by atoms with Crippen LogP contribution in [0.15, 0.2) is 48.8 Å². The molecule has 0 aliphatic carbocycles. The molecule has 6 heteroatoms. The van der Waals surface area contributed by atoms with Gasteiger partial charge in [-0.1, -0.05) is 12.1 Å². The number of benzene rings is 1. The summed E-state index contributed by atoms with van der Waals surface area (Å²) in [6.07, 6.45) is 4.74. The SMILES string of the molecule is Cc1ccc2cc(C(=O)N(Cc3ccncc3)C[C@@H]3CCC(=O)N3)n(C)c2c1. The van der Waals surface area contributed by atoms with Gasteiger partial charge in [0.15, 0.2) is 0 Å². The fourth-order valence-electron chi connectivity index (χ4n) is 3.82. The molecule has 0 radical (unpaired) electrons. The van der Waals surface area contributed by atoms with Crippen molar-refractivity contribution in [3.05, 3.63) is 65.6 Å². The number of nitrogens with zero attached hydrogens (tertiary/aromatic N) is 3. The van der Waals surface area contributed by atoms with Gasteiger partial charge in [0, 0.05) is 55.9 Å². The Balaban J connectivity index is 1.65. The fraction of sp³-hybridized carbons (Fsp3) is 0.318. The van der Waals surface area contributed by atoms with Gasteiger partial charge in [0.05, 0.1) is 0 Å². The first kappa shape index (κ1) is 18.2. The van der Waals surface area contributed by atoms with E-state index in [9.17, 15) is 9.59 Å². The van der Waals surface area contributed by atoms with Crippen LogP contribution in [0.3, 0.4) is 0 Å². The molecule has 1 N–H and O–H groups in total. The second kappa shape index (κ2) is 7.46. The van der Waals surface area contributed by atoms with E-state index >= 15 is 0 Å². The largest absolute Gasteiger partial charge is 0.352 e. The van der Waals surface area contributed by atoms with Crippen LogP contribution in [0, 0.1) is 6.92 Å². The highest BCUT2D eigenvalue weighted by Crippen LogP contribution is 2.22. The normalized spacial score (nSPS) is 16.4. The number of hydrogen-bond donors (Lipinski definition) is 1. The number of rotatable bonds is 5. The van der Waals surface area contributed by atoms with Crippen molar-refractivity contribution in [3.8, 4) is 0 Å². The van der Waals surface area contributed by atoms with Crippen molar-refractivity contribution < 1.29 is 9.59 Å². The number of carbonyl (C=O) groups is 2. The number of fused-ring (bicyclic) bond motifs is 1. The smallest absolute Gasteiger partial charge is 0.270 e. The maximum absolute atomic E-state index is 13.5. The zero-order chi connectivity index (χ0) is 19.7. The molecule has 144 valence electrons. The number of carbonyl (C=O) groups excluding carboxylic acids is 2. The average Bonchev–Trinajstić information content (AvgIpc) is 3.25. The van der Waals surface area contributed by atoms with E-state index in [1.807, 2.05) is 47.7 Å². The van der Waals surface area contributed by atoms with Gasteiger partial charge < -0.3 is 14.8 Å². The van der Waals surface area contributed by atoms with Crippen molar-refractivity contribution in [2.45, 2.75) is 32.4 Å². The predicted octanol–water partition coefficient (Wildman–Crippen LogP) is 2.80. The van der Waals surface area contributed by atoms with Gasteiger partial charge in [-0.3, -0.25) is 14.6 Å². The van der Waals surface area contributed by atoms with Crippen molar-refractivity contribution in [2.24, 2.45) is 7.05 Å². The Morgan fingerprint density at radius 3 is 2.75 bits per heavy atom. The quantitative estimate of drug-likeness (QED) is 0.745. The Hall–Kier alpha value is -3.15. The van der Waals surface area contributed by atoms with E-state index in [1.165, 1.54) is 0 Å². The first-order valence-electron chi connectivity index (χ1n) is 9.55. The van der Waals surface area contributed by atoms with Crippen LogP contribution in [-0.2, 0) is 18.4 Å². The van der Waals surface area contributed by atoms with E-state index in [1.54, 1.807) is 12.4 Å². The fourth-order valence-corrected chi connectivity index (χ4v) is 3.82. The van der Waals surface area contributed by atoms with Crippen LogP contribution in [0.4, 0.5) is 0 Å². The van der Waals surface area contributed by atoms with Gasteiger partial charge in [0.25, 0.3) is 5.91 Å². The van der Waals surface area contributed by atoms with Crippen LogP contribution in [-0.4, -0.2) is 38.9 Å². The van der Waals surface area contributed by atoms with Crippen LogP contribution < -0.4 is 5.32 Å². The third kappa shape index (κ3) is 3.63. The summed E-state index contributed by atoms with van der Waals surface area (Å²) in [6.45, 7) is 3.02. The molecule has 2 amide bonds. The van der Waals surface area contributed by atoms with Crippen molar-refractivity contribution in [1.29, 1.82) is 0 Å². The highest BCUT2D eigenvalue weighted by molar-refractivity contribution is 5.99. The third-order valence-corrected chi connectivity index (χ3v) is 5.36. The zero-order valence-corrected chi connectivity index (χ0v) is 16.2. The number of amides is 2. The molecule has 1 saturated heterocycles. The highest BCUT2D eigenvalue weighted by atomic mass is 16.2. The van der Waals surface area contributed by atoms with Crippen molar-refractivity contribution in [3.63, 3.8) is 0 Å². The lowest BCUT2D eigenvalue weighted by molar-refractivity contribution is -0.119. The van der Waals surface area contributed by atoms with E-state index in [-0.39, 0.29) is 17.9 Å². The minimum absolute atomic E-state index is 0.00443. The second-order valence-corrected chi connectivity index (χ2v) is 7.50. The standard InChI is InChI=1S/C22H24N4O2/c1-15-3-4-17-12-20(25(2)19(17)11-15)22(28)26(13-16-7-9-23-10-8-16)14-18-5-6-21(27)24-18/h3-4,7-12,18H,5-6,13-14H2,1-2H3,(H,24,27)/t18-/m0/s1. The molecule has 0 unspecified atom stereocenters. The summed E-state index contributed by atoms with van der Waals surface area (Å²) in [5, 5.41) is 4.02. The Bertz CT molecular complexity index is 1030. The van der Waals surface area contributed by atoms with Gasteiger partial charge in [-0.2, -0.15) is 0 Å². The van der Waals surface area contributed by atoms with Crippen molar-refractivity contribution >= 4 is 22.7 Å². The molecule has 28 heavy (non-hydrogen) atoms. The molecular weight excluding hydrogens is 352 g/mol. The van der Waals surface area contributed by atoms with E-state index < -0.39 is 0 Å². The highest BCUT2D eigenvalue weighted by Gasteiger charge is 2.27. The Kier molecular flexibility index (Phi) is 4.86. The van der Waals surface area contributed by atoms with Crippen LogP contribution >= 0.6 is 0 Å². The molecule has 1 aliphatic heterocycles. The van der Waals surface area contributed by atoms with Gasteiger partial charge >= 0.3 is 0 Å². The molecule has 0 spiro atoms. The Morgan fingerprint density at radius 1 is 1.25 bits per heavy atom. The summed E-state index contributed by atoms with van der Waals surface area (Å²) in [6, 6.07) is 12.0. The van der Waals surface area contributed by atoms with Gasteiger partial charge in [-0.15, -0.1) is 0 Å². The molecular formula is C22H24N4O2. The number of aromatic nitrogens is 2. The van der Waals surface area contributed by atoms with Crippen molar-refractivity contribution in [1.82, 2.24) is 19.8 Å². The summed E-state index contributed by atoms with van der Waals surface area (Å²) >= 11 is 0. The van der Waals surface area contributed by atoms with Crippen LogP contribution in [0.1, 0.15) is 34.5 Å². The maximum atomic E-state index is 13.5. The maximum Gasteiger partial charge on any atom is 0.270 e. The number of nitrogens with one attached hydrogen (secondary N) is 1. The van der Waals surface area contributed by atoms with Gasteiger partial charge in [0.2, 0.25) is 5.91 Å². The molecule has 2 aromatic heterocycles. The van der Waals surface area contributed by atoms with E-state index in [0.717, 1.165) is 28.5 Å². The molecule has 0 bridgehead atoms. The minimum atomic E-state index is -0.0330. The van der Waals surface area contributed by atoms with E-state index in [4.69, 9.17) is 0 Å². The predicted molar refractivity (Wildman–Crippen MR) is 108 cm³/mol. The summed E-state index contributed by atoms with van der Waals surface area (Å²) < 4.78 is 1.96. The first-order valence-corrected chi connectivity index (χ1v) is 9.55. The Labute approximate surface area is 164 Å². The molecule has 0 saturated carbocycles. The molecule has 3 aromatic rings. The van der Waals surface area contributed by atoms with Gasteiger partial charge in [-0.05, 0) is 48.7 Å². The molecule has 6 nitrogen and oxygen atoms in total. The lowest BCUT2D eigenvalue weighted by atomic mass is 10.1. The first-order chi connectivity index (χ1) is 13.5. The molecule has 1 aromatic carbocycles. The van der Waals surface area contributed by atoms with Crippen LogP contribution in [0.25, 0.3) is 10.9 Å². The topological polar surface area (TPSA) is 67.2 Å². The lowest BCUT2D eigenvalue weighted by Gasteiger charge is -2.26. The van der Waals surface area contributed by atoms with E-state index in [0.29, 0.717) is 25.2 Å². The monoisotopic (exact) mass is 376 g/mol. The third-order valence-electron chi connectivity index (χ3n) is 5.36. The van der Waals surface area contributed by atoms with Gasteiger partial charge in [0.1, 0.15) is 5.69 Å². The molecule has 4 rings (SSSR count). The van der Waals surface area contributed by atoms with Crippen LogP contribution in [0.2, 0.25) is 0 Å². The van der Waals surface area contributed by atoms with E-state index in [2.05, 4.69) is 22.4 Å².